The number of hydrogen-bond acceptors (Lipinski definition) is 2. The lowest BCUT2D eigenvalue weighted by Crippen LogP contribution is -2.49. The molecule has 22 heavy (non-hydrogen) atoms. The van der Waals surface area contributed by atoms with Gasteiger partial charge in [0.15, 0.2) is 23.3 Å². The third-order valence-electron chi connectivity index (χ3n) is 3.60. The molecule has 2 rings (SSSR count). The molecule has 1 saturated heterocycles. The number of piperazine rings is 1. The minimum Gasteiger partial charge on any atom is -0.363 e. The van der Waals surface area contributed by atoms with Crippen LogP contribution in [-0.2, 0) is 4.79 Å². The smallest absolute Gasteiger partial charge is 0.222 e. The standard InChI is InChI=1S/C14H15F5N2O/c1-2-3-8(22)20-4-6-21(7-5-20)14-12(18)10(16)9(15)11(17)13(14)19/h2-7H2,1H3. The monoisotopic (exact) mass is 322 g/mol. The van der Waals surface area contributed by atoms with Crippen LogP contribution in [0.25, 0.3) is 0 Å². The van der Waals surface area contributed by atoms with Crippen LogP contribution in [-0.4, -0.2) is 37.0 Å². The van der Waals surface area contributed by atoms with Crippen LogP contribution in [0.2, 0.25) is 0 Å². The fraction of sp³-hybridized carbons (Fsp3) is 0.500. The fourth-order valence-electron chi connectivity index (χ4n) is 2.42. The normalized spacial score (nSPS) is 15.4. The first kappa shape index (κ1) is 16.5. The Morgan fingerprint density at radius 3 is 1.77 bits per heavy atom. The molecular weight excluding hydrogens is 307 g/mol. The van der Waals surface area contributed by atoms with Crippen molar-refractivity contribution in [3.63, 3.8) is 0 Å². The second kappa shape index (κ2) is 6.50. The third-order valence-corrected chi connectivity index (χ3v) is 3.60. The first-order valence-corrected chi connectivity index (χ1v) is 6.92. The number of carbonyl (C=O) groups is 1. The number of anilines is 1. The Kier molecular flexibility index (Phi) is 4.87. The Bertz CT molecular complexity index is 556. The van der Waals surface area contributed by atoms with Crippen molar-refractivity contribution in [2.24, 2.45) is 0 Å². The summed E-state index contributed by atoms with van der Waals surface area (Å²) in [4.78, 5) is 14.3. The average molecular weight is 322 g/mol. The second-order valence-corrected chi connectivity index (χ2v) is 5.04. The van der Waals surface area contributed by atoms with Crippen LogP contribution in [0, 0.1) is 29.1 Å². The van der Waals surface area contributed by atoms with Crippen LogP contribution in [0.5, 0.6) is 0 Å². The molecule has 1 aromatic rings. The van der Waals surface area contributed by atoms with E-state index >= 15 is 0 Å². The van der Waals surface area contributed by atoms with Gasteiger partial charge in [0.1, 0.15) is 5.69 Å². The lowest BCUT2D eigenvalue weighted by atomic mass is 10.2. The molecule has 0 N–H and O–H groups in total. The topological polar surface area (TPSA) is 23.6 Å². The van der Waals surface area contributed by atoms with Gasteiger partial charge in [-0.25, -0.2) is 22.0 Å². The summed E-state index contributed by atoms with van der Waals surface area (Å²) in [5, 5.41) is 0. The quantitative estimate of drug-likeness (QED) is 0.485. The molecule has 8 heteroatoms. The van der Waals surface area contributed by atoms with Gasteiger partial charge in [-0.05, 0) is 6.42 Å². The van der Waals surface area contributed by atoms with E-state index in [-0.39, 0.29) is 32.1 Å². The molecule has 0 bridgehead atoms. The van der Waals surface area contributed by atoms with Crippen molar-refractivity contribution in [2.45, 2.75) is 19.8 Å². The summed E-state index contributed by atoms with van der Waals surface area (Å²) < 4.78 is 66.9. The largest absolute Gasteiger partial charge is 0.363 e. The van der Waals surface area contributed by atoms with Gasteiger partial charge in [-0.15, -0.1) is 0 Å². The van der Waals surface area contributed by atoms with Gasteiger partial charge in [-0.3, -0.25) is 4.79 Å². The van der Waals surface area contributed by atoms with Crippen LogP contribution < -0.4 is 4.90 Å². The average Bonchev–Trinajstić information content (AvgIpc) is 2.52. The molecular formula is C14H15F5N2O. The van der Waals surface area contributed by atoms with Crippen LogP contribution in [0.15, 0.2) is 0 Å². The van der Waals surface area contributed by atoms with Crippen molar-refractivity contribution < 1.29 is 26.7 Å². The molecule has 0 atom stereocenters. The van der Waals surface area contributed by atoms with Crippen molar-refractivity contribution in [3.05, 3.63) is 29.1 Å². The van der Waals surface area contributed by atoms with E-state index in [0.717, 1.165) is 4.90 Å². The first-order valence-electron chi connectivity index (χ1n) is 6.92. The first-order chi connectivity index (χ1) is 10.4. The lowest BCUT2D eigenvalue weighted by Gasteiger charge is -2.36. The minimum atomic E-state index is -2.17. The summed E-state index contributed by atoms with van der Waals surface area (Å²) in [5.41, 5.74) is -0.931. The van der Waals surface area contributed by atoms with Crippen molar-refractivity contribution in [1.82, 2.24) is 4.90 Å². The van der Waals surface area contributed by atoms with Gasteiger partial charge in [0.2, 0.25) is 11.7 Å². The Morgan fingerprint density at radius 1 is 0.864 bits per heavy atom. The van der Waals surface area contributed by atoms with E-state index in [4.69, 9.17) is 0 Å². The van der Waals surface area contributed by atoms with Crippen molar-refractivity contribution in [3.8, 4) is 0 Å². The Balaban J connectivity index is 2.20. The molecule has 0 saturated carbocycles. The predicted octanol–water partition coefficient (Wildman–Crippen LogP) is 2.83. The summed E-state index contributed by atoms with van der Waals surface area (Å²) in [6, 6.07) is 0. The highest BCUT2D eigenvalue weighted by Crippen LogP contribution is 2.30. The van der Waals surface area contributed by atoms with E-state index in [1.54, 1.807) is 0 Å². The van der Waals surface area contributed by atoms with Crippen LogP contribution in [0.4, 0.5) is 27.6 Å². The summed E-state index contributed by atoms with van der Waals surface area (Å²) in [6.07, 6.45) is 1.04. The summed E-state index contributed by atoms with van der Waals surface area (Å²) in [5.74, 6) is -9.86. The molecule has 0 spiro atoms. The number of carbonyl (C=O) groups excluding carboxylic acids is 1. The van der Waals surface area contributed by atoms with Crippen molar-refractivity contribution >= 4 is 11.6 Å². The Labute approximate surface area is 124 Å². The lowest BCUT2D eigenvalue weighted by molar-refractivity contribution is -0.131. The predicted molar refractivity (Wildman–Crippen MR) is 69.9 cm³/mol. The molecule has 1 aliphatic heterocycles. The number of halogens is 5. The van der Waals surface area contributed by atoms with Gasteiger partial charge in [0, 0.05) is 32.6 Å². The molecule has 0 unspecified atom stereocenters. The van der Waals surface area contributed by atoms with Gasteiger partial charge >= 0.3 is 0 Å². The molecule has 3 nitrogen and oxygen atoms in total. The summed E-state index contributed by atoms with van der Waals surface area (Å²) in [6.45, 7) is 2.22. The molecule has 0 radical (unpaired) electrons. The zero-order valence-electron chi connectivity index (χ0n) is 11.9. The van der Waals surface area contributed by atoms with E-state index in [1.807, 2.05) is 6.92 Å². The molecule has 122 valence electrons. The highest BCUT2D eigenvalue weighted by molar-refractivity contribution is 5.76. The van der Waals surface area contributed by atoms with E-state index in [9.17, 15) is 26.7 Å². The number of rotatable bonds is 3. The number of hydrogen-bond donors (Lipinski definition) is 0. The molecule has 1 aliphatic rings. The van der Waals surface area contributed by atoms with Gasteiger partial charge in [-0.1, -0.05) is 6.92 Å². The summed E-state index contributed by atoms with van der Waals surface area (Å²) in [7, 11) is 0. The van der Waals surface area contributed by atoms with Gasteiger partial charge in [0.05, 0.1) is 0 Å². The van der Waals surface area contributed by atoms with Gasteiger partial charge in [0.25, 0.3) is 0 Å². The minimum absolute atomic E-state index is 0.00774. The van der Waals surface area contributed by atoms with Gasteiger partial charge in [-0.2, -0.15) is 0 Å². The number of amides is 1. The Hall–Kier alpha value is -1.86. The maximum Gasteiger partial charge on any atom is 0.222 e. The number of benzene rings is 1. The second-order valence-electron chi connectivity index (χ2n) is 5.04. The molecule has 1 heterocycles. The third kappa shape index (κ3) is 2.86. The SMILES string of the molecule is CCCC(=O)N1CCN(c2c(F)c(F)c(F)c(F)c2F)CC1. The fourth-order valence-corrected chi connectivity index (χ4v) is 2.42. The van der Waals surface area contributed by atoms with Crippen LogP contribution in [0.3, 0.4) is 0 Å². The van der Waals surface area contributed by atoms with Crippen LogP contribution in [0.1, 0.15) is 19.8 Å². The molecule has 0 aromatic heterocycles. The summed E-state index contributed by atoms with van der Waals surface area (Å²) >= 11 is 0. The molecule has 1 fully saturated rings. The maximum absolute atomic E-state index is 13.7. The zero-order valence-corrected chi connectivity index (χ0v) is 11.9. The van der Waals surface area contributed by atoms with E-state index in [2.05, 4.69) is 0 Å². The molecule has 1 aromatic carbocycles. The van der Waals surface area contributed by atoms with E-state index in [1.165, 1.54) is 4.90 Å². The highest BCUT2D eigenvalue weighted by Gasteiger charge is 2.31. The molecule has 0 aliphatic carbocycles. The van der Waals surface area contributed by atoms with Crippen molar-refractivity contribution in [1.29, 1.82) is 0 Å². The molecule has 1 amide bonds. The van der Waals surface area contributed by atoms with E-state index in [0.29, 0.717) is 12.8 Å². The van der Waals surface area contributed by atoms with Crippen LogP contribution >= 0.6 is 0 Å². The Morgan fingerprint density at radius 2 is 1.32 bits per heavy atom. The van der Waals surface area contributed by atoms with E-state index < -0.39 is 34.8 Å². The maximum atomic E-state index is 13.7. The van der Waals surface area contributed by atoms with Gasteiger partial charge < -0.3 is 9.80 Å². The zero-order chi connectivity index (χ0) is 16.4. The highest BCUT2D eigenvalue weighted by atomic mass is 19.2. The number of nitrogens with zero attached hydrogens (tertiary/aromatic N) is 2. The van der Waals surface area contributed by atoms with Crippen molar-refractivity contribution in [2.75, 3.05) is 31.1 Å².